The molecule has 0 spiro atoms. The van der Waals surface area contributed by atoms with Crippen molar-refractivity contribution in [1.29, 1.82) is 0 Å². The summed E-state index contributed by atoms with van der Waals surface area (Å²) in [6.07, 6.45) is 25.7. The van der Waals surface area contributed by atoms with E-state index in [1.54, 1.807) is 0 Å². The molecule has 0 aliphatic rings. The fraction of sp³-hybridized carbons (Fsp3) is 1.00. The molecule has 22 heavy (non-hydrogen) atoms. The van der Waals surface area contributed by atoms with E-state index < -0.39 is 0 Å². The van der Waals surface area contributed by atoms with Gasteiger partial charge >= 0.3 is 0 Å². The monoisotopic (exact) mass is 326 g/mol. The zero-order valence-corrected chi connectivity index (χ0v) is 16.4. The van der Waals surface area contributed by atoms with E-state index in [1.807, 2.05) is 0 Å². The van der Waals surface area contributed by atoms with E-state index >= 15 is 0 Å². The van der Waals surface area contributed by atoms with Gasteiger partial charge in [-0.05, 0) is 6.04 Å². The SMILES string of the molecule is CCCCCCCCCCCCCCCCCCCC[Si]O. The topological polar surface area (TPSA) is 20.2 Å². The van der Waals surface area contributed by atoms with Crippen LogP contribution in [0, 0.1) is 0 Å². The van der Waals surface area contributed by atoms with Crippen LogP contribution >= 0.6 is 0 Å². The second-order valence-corrected chi connectivity index (χ2v) is 7.73. The standard InChI is InChI=1S/C20H42OSi/c1-2-3-4-5-6-7-8-9-10-11-12-13-14-15-16-17-18-19-20-22-21/h21H,2-20H2,1H3. The highest BCUT2D eigenvalue weighted by Gasteiger charge is 1.95. The Morgan fingerprint density at radius 1 is 0.455 bits per heavy atom. The molecule has 0 saturated carbocycles. The lowest BCUT2D eigenvalue weighted by atomic mass is 10.0. The molecule has 0 unspecified atom stereocenters. The van der Waals surface area contributed by atoms with Crippen molar-refractivity contribution in [1.82, 2.24) is 0 Å². The van der Waals surface area contributed by atoms with Gasteiger partial charge < -0.3 is 4.80 Å². The molecule has 2 heteroatoms. The summed E-state index contributed by atoms with van der Waals surface area (Å²) in [5.74, 6) is 0. The van der Waals surface area contributed by atoms with Gasteiger partial charge in [0, 0.05) is 0 Å². The van der Waals surface area contributed by atoms with Gasteiger partial charge in [0.15, 0.2) is 0 Å². The third-order valence-electron chi connectivity index (χ3n) is 4.64. The van der Waals surface area contributed by atoms with Gasteiger partial charge in [-0.3, -0.25) is 0 Å². The van der Waals surface area contributed by atoms with Crippen LogP contribution in [-0.4, -0.2) is 14.6 Å². The van der Waals surface area contributed by atoms with Crippen molar-refractivity contribution in [3.8, 4) is 0 Å². The van der Waals surface area contributed by atoms with Crippen LogP contribution in [0.2, 0.25) is 6.04 Å². The van der Waals surface area contributed by atoms with Crippen molar-refractivity contribution in [2.24, 2.45) is 0 Å². The quantitative estimate of drug-likeness (QED) is 0.199. The molecule has 0 aliphatic heterocycles. The Morgan fingerprint density at radius 3 is 1.00 bits per heavy atom. The minimum atomic E-state index is 0.168. The Kier molecular flexibility index (Phi) is 21.3. The van der Waals surface area contributed by atoms with E-state index in [4.69, 9.17) is 4.80 Å². The van der Waals surface area contributed by atoms with Crippen molar-refractivity contribution < 1.29 is 4.80 Å². The van der Waals surface area contributed by atoms with E-state index in [-0.39, 0.29) is 9.76 Å². The van der Waals surface area contributed by atoms with Gasteiger partial charge in [0.05, 0.1) is 0 Å². The van der Waals surface area contributed by atoms with Crippen molar-refractivity contribution in [2.45, 2.75) is 129 Å². The Bertz CT molecular complexity index is 165. The fourth-order valence-corrected chi connectivity index (χ4v) is 3.51. The highest BCUT2D eigenvalue weighted by atomic mass is 28.2. The lowest BCUT2D eigenvalue weighted by molar-refractivity contribution is 0.525. The molecule has 0 amide bonds. The van der Waals surface area contributed by atoms with Crippen molar-refractivity contribution >= 4 is 9.76 Å². The first-order valence-corrected chi connectivity index (χ1v) is 11.4. The summed E-state index contributed by atoms with van der Waals surface area (Å²) in [5, 5.41) is 0. The van der Waals surface area contributed by atoms with Gasteiger partial charge in [-0.15, -0.1) is 0 Å². The molecule has 132 valence electrons. The van der Waals surface area contributed by atoms with Crippen LogP contribution in [0.25, 0.3) is 0 Å². The highest BCUT2D eigenvalue weighted by Crippen LogP contribution is 2.14. The molecule has 2 radical (unpaired) electrons. The lowest BCUT2D eigenvalue weighted by Crippen LogP contribution is -1.86. The zero-order chi connectivity index (χ0) is 16.1. The lowest BCUT2D eigenvalue weighted by Gasteiger charge is -2.03. The Hall–Kier alpha value is 0.177. The van der Waals surface area contributed by atoms with Crippen LogP contribution in [-0.2, 0) is 0 Å². The van der Waals surface area contributed by atoms with Gasteiger partial charge in [-0.2, -0.15) is 0 Å². The summed E-state index contributed by atoms with van der Waals surface area (Å²) in [7, 11) is 0.168. The first-order valence-electron chi connectivity index (χ1n) is 10.3. The van der Waals surface area contributed by atoms with E-state index in [9.17, 15) is 0 Å². The van der Waals surface area contributed by atoms with E-state index in [0.29, 0.717) is 0 Å². The largest absolute Gasteiger partial charge is 0.432 e. The third kappa shape index (κ3) is 20.2. The third-order valence-corrected chi connectivity index (χ3v) is 5.22. The summed E-state index contributed by atoms with van der Waals surface area (Å²) >= 11 is 0. The summed E-state index contributed by atoms with van der Waals surface area (Å²) in [6, 6.07) is 1.03. The second-order valence-electron chi connectivity index (χ2n) is 6.92. The minimum Gasteiger partial charge on any atom is -0.432 e. The van der Waals surface area contributed by atoms with Gasteiger partial charge in [-0.25, -0.2) is 0 Å². The van der Waals surface area contributed by atoms with Crippen LogP contribution in [0.3, 0.4) is 0 Å². The van der Waals surface area contributed by atoms with Crippen molar-refractivity contribution in [3.63, 3.8) is 0 Å². The second kappa shape index (κ2) is 21.2. The predicted molar refractivity (Wildman–Crippen MR) is 102 cm³/mol. The molecule has 0 aromatic rings. The Balaban J connectivity index is 2.91. The molecule has 0 aromatic carbocycles. The number of unbranched alkanes of at least 4 members (excludes halogenated alkanes) is 17. The summed E-state index contributed by atoms with van der Waals surface area (Å²) in [5.41, 5.74) is 0. The maximum atomic E-state index is 8.73. The molecule has 0 heterocycles. The molecule has 0 bridgehead atoms. The molecule has 1 N–H and O–H groups in total. The van der Waals surface area contributed by atoms with E-state index in [0.717, 1.165) is 6.04 Å². The van der Waals surface area contributed by atoms with E-state index in [2.05, 4.69) is 6.92 Å². The van der Waals surface area contributed by atoms with Gasteiger partial charge in [0.1, 0.15) is 0 Å². The smallest absolute Gasteiger partial charge is 0.224 e. The van der Waals surface area contributed by atoms with Crippen molar-refractivity contribution in [2.75, 3.05) is 0 Å². The Labute approximate surface area is 143 Å². The maximum absolute atomic E-state index is 8.73. The fourth-order valence-electron chi connectivity index (χ4n) is 3.11. The molecule has 1 nitrogen and oxygen atoms in total. The molecule has 0 aliphatic carbocycles. The molecule has 0 saturated heterocycles. The minimum absolute atomic E-state index is 0.168. The molecule has 0 aromatic heterocycles. The van der Waals surface area contributed by atoms with Crippen LogP contribution < -0.4 is 0 Å². The normalized spacial score (nSPS) is 11.2. The van der Waals surface area contributed by atoms with Crippen LogP contribution in [0.5, 0.6) is 0 Å². The molecule has 0 atom stereocenters. The van der Waals surface area contributed by atoms with Gasteiger partial charge in [-0.1, -0.05) is 122 Å². The average Bonchev–Trinajstić information content (AvgIpc) is 2.54. The maximum Gasteiger partial charge on any atom is 0.224 e. The zero-order valence-electron chi connectivity index (χ0n) is 15.4. The number of hydrogen-bond donors (Lipinski definition) is 1. The number of hydrogen-bond acceptors (Lipinski definition) is 1. The van der Waals surface area contributed by atoms with Crippen LogP contribution in [0.15, 0.2) is 0 Å². The summed E-state index contributed by atoms with van der Waals surface area (Å²) in [4.78, 5) is 8.73. The van der Waals surface area contributed by atoms with E-state index in [1.165, 1.54) is 116 Å². The first-order chi connectivity index (χ1) is 10.9. The molecular weight excluding hydrogens is 284 g/mol. The molecule has 0 fully saturated rings. The Morgan fingerprint density at radius 2 is 0.727 bits per heavy atom. The summed E-state index contributed by atoms with van der Waals surface area (Å²) in [6.45, 7) is 2.29. The number of rotatable bonds is 19. The molecular formula is C20H42OSi. The van der Waals surface area contributed by atoms with Gasteiger partial charge in [0.2, 0.25) is 9.76 Å². The predicted octanol–water partition coefficient (Wildman–Crippen LogP) is 7.06. The van der Waals surface area contributed by atoms with Crippen LogP contribution in [0.1, 0.15) is 122 Å². The first kappa shape index (κ1) is 22.2. The average molecular weight is 327 g/mol. The molecule has 0 rings (SSSR count). The highest BCUT2D eigenvalue weighted by molar-refractivity contribution is 6.25. The van der Waals surface area contributed by atoms with Crippen molar-refractivity contribution in [3.05, 3.63) is 0 Å². The van der Waals surface area contributed by atoms with Crippen LogP contribution in [0.4, 0.5) is 0 Å². The summed E-state index contributed by atoms with van der Waals surface area (Å²) < 4.78 is 0. The van der Waals surface area contributed by atoms with Gasteiger partial charge in [0.25, 0.3) is 0 Å².